The molecule has 0 aromatic heterocycles. The fourth-order valence-corrected chi connectivity index (χ4v) is 3.19. The first kappa shape index (κ1) is 17.1. The number of likely N-dealkylation sites (N-methyl/N-ethyl adjacent to an activating group) is 1. The summed E-state index contributed by atoms with van der Waals surface area (Å²) in [4.78, 5) is 0. The number of nitrogens with zero attached hydrogens (tertiary/aromatic N) is 1. The van der Waals surface area contributed by atoms with Crippen LogP contribution in [0.4, 0.5) is 0 Å². The molecule has 0 aliphatic heterocycles. The summed E-state index contributed by atoms with van der Waals surface area (Å²) in [5.74, 6) is 0.240. The van der Waals surface area contributed by atoms with Gasteiger partial charge >= 0.3 is 0 Å². The lowest BCUT2D eigenvalue weighted by atomic mass is 10.2. The molecule has 0 amide bonds. The molecular weight excluding hydrogens is 272 g/mol. The van der Waals surface area contributed by atoms with Crippen LogP contribution in [0, 0.1) is 0 Å². The minimum atomic E-state index is -3.11. The maximum Gasteiger partial charge on any atom is 0.213 e. The smallest absolute Gasteiger partial charge is 0.213 e. The Bertz CT molecular complexity index is 460. The van der Waals surface area contributed by atoms with Crippen LogP contribution in [0.15, 0.2) is 30.3 Å². The average molecular weight is 298 g/mol. The van der Waals surface area contributed by atoms with Gasteiger partial charge in [-0.1, -0.05) is 37.3 Å². The van der Waals surface area contributed by atoms with E-state index in [0.717, 1.165) is 25.9 Å². The van der Waals surface area contributed by atoms with E-state index in [1.54, 1.807) is 7.05 Å². The van der Waals surface area contributed by atoms with Crippen molar-refractivity contribution >= 4 is 10.0 Å². The van der Waals surface area contributed by atoms with Crippen molar-refractivity contribution in [3.05, 3.63) is 35.9 Å². The molecule has 1 N–H and O–H groups in total. The summed E-state index contributed by atoms with van der Waals surface area (Å²) in [6.07, 6.45) is 2.37. The Balaban J connectivity index is 2.31. The number of nitrogens with one attached hydrogen (secondary N) is 1. The first-order valence-electron chi connectivity index (χ1n) is 7.25. The molecule has 0 unspecified atom stereocenters. The highest BCUT2D eigenvalue weighted by molar-refractivity contribution is 7.89. The van der Waals surface area contributed by atoms with E-state index in [2.05, 4.69) is 5.32 Å². The Labute approximate surface area is 123 Å². The summed E-state index contributed by atoms with van der Waals surface area (Å²) in [6.45, 7) is 4.41. The Morgan fingerprint density at radius 3 is 2.50 bits per heavy atom. The van der Waals surface area contributed by atoms with Crippen molar-refractivity contribution in [2.24, 2.45) is 0 Å². The maximum atomic E-state index is 12.1. The van der Waals surface area contributed by atoms with Crippen molar-refractivity contribution in [3.63, 3.8) is 0 Å². The number of hydrogen-bond donors (Lipinski definition) is 1. The number of benzene rings is 1. The quantitative estimate of drug-likeness (QED) is 0.671. The molecule has 0 radical (unpaired) electrons. The highest BCUT2D eigenvalue weighted by Crippen LogP contribution is 2.06. The van der Waals surface area contributed by atoms with Crippen LogP contribution in [0.3, 0.4) is 0 Å². The van der Waals surface area contributed by atoms with Crippen LogP contribution in [0.5, 0.6) is 0 Å². The van der Waals surface area contributed by atoms with Crippen LogP contribution in [-0.4, -0.2) is 45.2 Å². The van der Waals surface area contributed by atoms with E-state index in [0.29, 0.717) is 13.0 Å². The molecule has 1 aromatic carbocycles. The van der Waals surface area contributed by atoms with E-state index >= 15 is 0 Å². The summed E-state index contributed by atoms with van der Waals surface area (Å²) < 4.78 is 25.7. The van der Waals surface area contributed by atoms with Gasteiger partial charge in [0, 0.05) is 13.6 Å². The van der Waals surface area contributed by atoms with Crippen LogP contribution >= 0.6 is 0 Å². The van der Waals surface area contributed by atoms with Gasteiger partial charge in [0.25, 0.3) is 0 Å². The monoisotopic (exact) mass is 298 g/mol. The second-order valence-corrected chi connectivity index (χ2v) is 7.13. The Kier molecular flexibility index (Phi) is 7.80. The maximum absolute atomic E-state index is 12.1. The SMILES string of the molecule is CCNCCCCS(=O)(=O)N(C)CCc1ccccc1. The summed E-state index contributed by atoms with van der Waals surface area (Å²) >= 11 is 0. The van der Waals surface area contributed by atoms with Crippen LogP contribution in [0.25, 0.3) is 0 Å². The zero-order chi connectivity index (χ0) is 14.8. The molecule has 0 bridgehead atoms. The van der Waals surface area contributed by atoms with E-state index in [1.807, 2.05) is 37.3 Å². The lowest BCUT2D eigenvalue weighted by Gasteiger charge is -2.17. The van der Waals surface area contributed by atoms with Gasteiger partial charge in [-0.15, -0.1) is 0 Å². The third-order valence-corrected chi connectivity index (χ3v) is 5.23. The summed E-state index contributed by atoms with van der Waals surface area (Å²) in [5.41, 5.74) is 1.17. The topological polar surface area (TPSA) is 49.4 Å². The molecule has 0 fully saturated rings. The normalized spacial score (nSPS) is 11.9. The van der Waals surface area contributed by atoms with Crippen molar-refractivity contribution in [2.75, 3.05) is 32.4 Å². The summed E-state index contributed by atoms with van der Waals surface area (Å²) in [5, 5.41) is 3.20. The molecule has 0 aliphatic carbocycles. The van der Waals surface area contributed by atoms with Crippen LogP contribution in [0.2, 0.25) is 0 Å². The molecule has 20 heavy (non-hydrogen) atoms. The largest absolute Gasteiger partial charge is 0.317 e. The van der Waals surface area contributed by atoms with Gasteiger partial charge in [0.1, 0.15) is 0 Å². The molecule has 1 aromatic rings. The molecule has 5 heteroatoms. The number of rotatable bonds is 10. The van der Waals surface area contributed by atoms with E-state index in [9.17, 15) is 8.42 Å². The number of unbranched alkanes of at least 4 members (excludes halogenated alkanes) is 1. The van der Waals surface area contributed by atoms with Gasteiger partial charge in [0.2, 0.25) is 10.0 Å². The predicted molar refractivity (Wildman–Crippen MR) is 84.3 cm³/mol. The van der Waals surface area contributed by atoms with E-state index in [4.69, 9.17) is 0 Å². The highest BCUT2D eigenvalue weighted by Gasteiger charge is 2.16. The van der Waals surface area contributed by atoms with Gasteiger partial charge in [-0.25, -0.2) is 12.7 Å². The summed E-state index contributed by atoms with van der Waals surface area (Å²) in [6, 6.07) is 9.97. The highest BCUT2D eigenvalue weighted by atomic mass is 32.2. The Hall–Kier alpha value is -0.910. The molecule has 114 valence electrons. The Morgan fingerprint density at radius 2 is 1.85 bits per heavy atom. The third kappa shape index (κ3) is 6.50. The fourth-order valence-electron chi connectivity index (χ4n) is 1.94. The molecule has 0 spiro atoms. The minimum Gasteiger partial charge on any atom is -0.317 e. The van der Waals surface area contributed by atoms with Gasteiger partial charge < -0.3 is 5.32 Å². The summed E-state index contributed by atoms with van der Waals surface area (Å²) in [7, 11) is -1.44. The van der Waals surface area contributed by atoms with E-state index < -0.39 is 10.0 Å². The van der Waals surface area contributed by atoms with Crippen molar-refractivity contribution < 1.29 is 8.42 Å². The minimum absolute atomic E-state index is 0.240. The predicted octanol–water partition coefficient (Wildman–Crippen LogP) is 1.88. The van der Waals surface area contributed by atoms with Gasteiger partial charge in [-0.2, -0.15) is 0 Å². The van der Waals surface area contributed by atoms with E-state index in [-0.39, 0.29) is 5.75 Å². The molecule has 0 heterocycles. The number of sulfonamides is 1. The lowest BCUT2D eigenvalue weighted by Crippen LogP contribution is -2.31. The zero-order valence-electron chi connectivity index (χ0n) is 12.5. The van der Waals surface area contributed by atoms with Gasteiger partial charge in [-0.05, 0) is 37.9 Å². The average Bonchev–Trinajstić information content (AvgIpc) is 2.45. The molecular formula is C15H26N2O2S. The van der Waals surface area contributed by atoms with Crippen molar-refractivity contribution in [1.29, 1.82) is 0 Å². The standard InChI is InChI=1S/C15H26N2O2S/c1-3-16-12-7-8-14-20(18,19)17(2)13-11-15-9-5-4-6-10-15/h4-6,9-10,16H,3,7-8,11-14H2,1-2H3. The van der Waals surface area contributed by atoms with Crippen molar-refractivity contribution in [3.8, 4) is 0 Å². The first-order valence-corrected chi connectivity index (χ1v) is 8.86. The molecule has 0 saturated heterocycles. The number of hydrogen-bond acceptors (Lipinski definition) is 3. The van der Waals surface area contributed by atoms with Crippen LogP contribution in [-0.2, 0) is 16.4 Å². The van der Waals surface area contributed by atoms with Crippen LogP contribution in [0.1, 0.15) is 25.3 Å². The zero-order valence-corrected chi connectivity index (χ0v) is 13.3. The van der Waals surface area contributed by atoms with Crippen molar-refractivity contribution in [1.82, 2.24) is 9.62 Å². The van der Waals surface area contributed by atoms with E-state index in [1.165, 1.54) is 9.87 Å². The molecule has 0 saturated carbocycles. The second-order valence-electron chi connectivity index (χ2n) is 4.93. The third-order valence-electron chi connectivity index (χ3n) is 3.29. The molecule has 0 atom stereocenters. The molecule has 4 nitrogen and oxygen atoms in total. The Morgan fingerprint density at radius 1 is 1.15 bits per heavy atom. The molecule has 1 rings (SSSR count). The van der Waals surface area contributed by atoms with Crippen LogP contribution < -0.4 is 5.32 Å². The van der Waals surface area contributed by atoms with Gasteiger partial charge in [0.15, 0.2) is 0 Å². The van der Waals surface area contributed by atoms with Crippen molar-refractivity contribution in [2.45, 2.75) is 26.2 Å². The first-order chi connectivity index (χ1) is 9.56. The van der Waals surface area contributed by atoms with Gasteiger partial charge in [-0.3, -0.25) is 0 Å². The fraction of sp³-hybridized carbons (Fsp3) is 0.600. The second kappa shape index (κ2) is 9.10. The molecule has 0 aliphatic rings. The van der Waals surface area contributed by atoms with Gasteiger partial charge in [0.05, 0.1) is 5.75 Å². The lowest BCUT2D eigenvalue weighted by molar-refractivity contribution is 0.470.